The minimum absolute atomic E-state index is 0.769. The first-order valence-corrected chi connectivity index (χ1v) is 4.97. The van der Waals surface area contributed by atoms with Gasteiger partial charge >= 0.3 is 0 Å². The number of hydrogen-bond donors (Lipinski definition) is 0. The zero-order valence-corrected chi connectivity index (χ0v) is 9.37. The molecule has 0 heterocycles. The third kappa shape index (κ3) is 2.60. The van der Waals surface area contributed by atoms with Gasteiger partial charge in [0.15, 0.2) is 0 Å². The molecule has 2 heteroatoms. The van der Waals surface area contributed by atoms with Crippen molar-refractivity contribution in [3.63, 3.8) is 0 Å². The van der Waals surface area contributed by atoms with Gasteiger partial charge in [-0.2, -0.15) is 5.26 Å². The van der Waals surface area contributed by atoms with Crippen molar-refractivity contribution >= 4 is 5.57 Å². The molecule has 0 saturated carbocycles. The predicted octanol–water partition coefficient (Wildman–Crippen LogP) is 3.40. The van der Waals surface area contributed by atoms with Crippen molar-refractivity contribution in [3.8, 4) is 11.8 Å². The molecule has 0 radical (unpaired) electrons. The van der Waals surface area contributed by atoms with Crippen LogP contribution in [0.3, 0.4) is 0 Å². The molecule has 1 rings (SSSR count). The third-order valence-corrected chi connectivity index (χ3v) is 2.39. The monoisotopic (exact) mass is 201 g/mol. The molecule has 0 aromatic heterocycles. The highest BCUT2D eigenvalue weighted by atomic mass is 16.5. The molecule has 0 unspecified atom stereocenters. The van der Waals surface area contributed by atoms with Crippen LogP contribution in [-0.4, -0.2) is 7.11 Å². The first kappa shape index (κ1) is 11.3. The normalized spacial score (nSPS) is 11.6. The molecule has 0 bridgehead atoms. The Hall–Kier alpha value is -1.75. The van der Waals surface area contributed by atoms with Gasteiger partial charge in [-0.1, -0.05) is 19.1 Å². The number of methoxy groups -OCH3 is 1. The Bertz CT molecular complexity index is 413. The van der Waals surface area contributed by atoms with Gasteiger partial charge in [0, 0.05) is 5.57 Å². The molecule has 0 N–H and O–H groups in total. The first-order valence-electron chi connectivity index (χ1n) is 4.97. The van der Waals surface area contributed by atoms with Crippen LogP contribution in [-0.2, 0) is 0 Å². The van der Waals surface area contributed by atoms with E-state index in [1.807, 2.05) is 31.2 Å². The topological polar surface area (TPSA) is 33.0 Å². The lowest BCUT2D eigenvalue weighted by Gasteiger charge is -2.08. The average Bonchev–Trinajstić information content (AvgIpc) is 2.30. The maximum Gasteiger partial charge on any atom is 0.119 e. The van der Waals surface area contributed by atoms with Crippen molar-refractivity contribution in [3.05, 3.63) is 35.4 Å². The fraction of sp³-hybridized carbons (Fsp3) is 0.308. The van der Waals surface area contributed by atoms with E-state index in [1.54, 1.807) is 7.11 Å². The van der Waals surface area contributed by atoms with Crippen LogP contribution in [0.5, 0.6) is 5.75 Å². The Morgan fingerprint density at radius 2 is 2.20 bits per heavy atom. The Labute approximate surface area is 90.8 Å². The van der Waals surface area contributed by atoms with Crippen LogP contribution in [0.25, 0.3) is 5.57 Å². The standard InChI is InChI=1S/C13H15NO/c1-4-13(10(2)9-14)11-6-5-7-12(8-11)15-3/h5-8H,4H2,1-3H3/b13-10-. The summed E-state index contributed by atoms with van der Waals surface area (Å²) in [5.41, 5.74) is 2.91. The van der Waals surface area contributed by atoms with Gasteiger partial charge in [-0.05, 0) is 36.6 Å². The van der Waals surface area contributed by atoms with E-state index in [9.17, 15) is 0 Å². The van der Waals surface area contributed by atoms with Crippen LogP contribution in [0.4, 0.5) is 0 Å². The quantitative estimate of drug-likeness (QED) is 0.702. The summed E-state index contributed by atoms with van der Waals surface area (Å²) in [6, 6.07) is 9.99. The number of benzene rings is 1. The molecule has 0 spiro atoms. The van der Waals surface area contributed by atoms with Crippen molar-refractivity contribution in [2.24, 2.45) is 0 Å². The van der Waals surface area contributed by atoms with Gasteiger partial charge in [0.1, 0.15) is 5.75 Å². The van der Waals surface area contributed by atoms with E-state index in [0.717, 1.165) is 28.9 Å². The molecule has 0 fully saturated rings. The summed E-state index contributed by atoms with van der Waals surface area (Å²) in [5, 5.41) is 8.88. The van der Waals surface area contributed by atoms with E-state index in [-0.39, 0.29) is 0 Å². The highest BCUT2D eigenvalue weighted by Gasteiger charge is 2.04. The zero-order valence-electron chi connectivity index (χ0n) is 9.37. The summed E-state index contributed by atoms with van der Waals surface area (Å²) in [4.78, 5) is 0. The SMILES string of the molecule is CC/C(=C(\C)C#N)c1cccc(OC)c1. The molecular weight excluding hydrogens is 186 g/mol. The molecule has 0 aliphatic heterocycles. The van der Waals surface area contributed by atoms with E-state index >= 15 is 0 Å². The number of hydrogen-bond acceptors (Lipinski definition) is 2. The lowest BCUT2D eigenvalue weighted by atomic mass is 9.99. The number of nitrogens with zero attached hydrogens (tertiary/aromatic N) is 1. The summed E-state index contributed by atoms with van der Waals surface area (Å²) in [6.45, 7) is 3.90. The molecular formula is C13H15NO. The Kier molecular flexibility index (Phi) is 3.93. The summed E-state index contributed by atoms with van der Waals surface area (Å²) in [5.74, 6) is 0.823. The van der Waals surface area contributed by atoms with Gasteiger partial charge in [0.05, 0.1) is 13.2 Å². The molecule has 0 saturated heterocycles. The van der Waals surface area contributed by atoms with Crippen LogP contribution in [0, 0.1) is 11.3 Å². The number of nitriles is 1. The second-order valence-electron chi connectivity index (χ2n) is 3.30. The summed E-state index contributed by atoms with van der Waals surface area (Å²) >= 11 is 0. The molecule has 0 atom stereocenters. The van der Waals surface area contributed by atoms with Crippen molar-refractivity contribution < 1.29 is 4.74 Å². The Morgan fingerprint density at radius 3 is 2.73 bits per heavy atom. The highest BCUT2D eigenvalue weighted by Crippen LogP contribution is 2.25. The maximum absolute atomic E-state index is 8.88. The van der Waals surface area contributed by atoms with E-state index in [2.05, 4.69) is 13.0 Å². The number of rotatable bonds is 3. The second kappa shape index (κ2) is 5.21. The minimum Gasteiger partial charge on any atom is -0.497 e. The molecule has 1 aromatic rings. The van der Waals surface area contributed by atoms with Gasteiger partial charge in [-0.3, -0.25) is 0 Å². The van der Waals surface area contributed by atoms with Crippen molar-refractivity contribution in [1.29, 1.82) is 5.26 Å². The van der Waals surface area contributed by atoms with Gasteiger partial charge in [-0.15, -0.1) is 0 Å². The zero-order chi connectivity index (χ0) is 11.3. The van der Waals surface area contributed by atoms with Gasteiger partial charge in [0.2, 0.25) is 0 Å². The number of ether oxygens (including phenoxy) is 1. The van der Waals surface area contributed by atoms with E-state index in [4.69, 9.17) is 10.00 Å². The Balaban J connectivity index is 3.20. The first-order chi connectivity index (χ1) is 7.22. The highest BCUT2D eigenvalue weighted by molar-refractivity contribution is 5.71. The van der Waals surface area contributed by atoms with Gasteiger partial charge in [0.25, 0.3) is 0 Å². The van der Waals surface area contributed by atoms with E-state index in [0.29, 0.717) is 0 Å². The molecule has 0 amide bonds. The minimum atomic E-state index is 0.769. The van der Waals surface area contributed by atoms with Crippen molar-refractivity contribution in [2.45, 2.75) is 20.3 Å². The smallest absolute Gasteiger partial charge is 0.119 e. The summed E-state index contributed by atoms with van der Waals surface area (Å²) in [6.07, 6.45) is 0.854. The van der Waals surface area contributed by atoms with Crippen LogP contribution in [0.15, 0.2) is 29.8 Å². The maximum atomic E-state index is 8.88. The van der Waals surface area contributed by atoms with Gasteiger partial charge < -0.3 is 4.74 Å². The summed E-state index contributed by atoms with van der Waals surface area (Å²) in [7, 11) is 1.64. The number of allylic oxidation sites excluding steroid dienone is 2. The fourth-order valence-electron chi connectivity index (χ4n) is 1.56. The van der Waals surface area contributed by atoms with Crippen molar-refractivity contribution in [1.82, 2.24) is 0 Å². The van der Waals surface area contributed by atoms with Crippen LogP contribution < -0.4 is 4.74 Å². The Morgan fingerprint density at radius 1 is 1.47 bits per heavy atom. The molecule has 2 nitrogen and oxygen atoms in total. The van der Waals surface area contributed by atoms with Crippen LogP contribution in [0.2, 0.25) is 0 Å². The van der Waals surface area contributed by atoms with Crippen LogP contribution in [0.1, 0.15) is 25.8 Å². The van der Waals surface area contributed by atoms with Crippen LogP contribution >= 0.6 is 0 Å². The molecule has 15 heavy (non-hydrogen) atoms. The third-order valence-electron chi connectivity index (χ3n) is 2.39. The van der Waals surface area contributed by atoms with E-state index in [1.165, 1.54) is 0 Å². The second-order valence-corrected chi connectivity index (χ2v) is 3.30. The van der Waals surface area contributed by atoms with Crippen molar-refractivity contribution in [2.75, 3.05) is 7.11 Å². The average molecular weight is 201 g/mol. The largest absolute Gasteiger partial charge is 0.497 e. The lowest BCUT2D eigenvalue weighted by molar-refractivity contribution is 0.414. The molecule has 78 valence electrons. The predicted molar refractivity (Wildman–Crippen MR) is 61.5 cm³/mol. The molecule has 0 aliphatic rings. The van der Waals surface area contributed by atoms with E-state index < -0.39 is 0 Å². The molecule has 1 aromatic carbocycles. The summed E-state index contributed by atoms with van der Waals surface area (Å²) < 4.78 is 5.16. The molecule has 0 aliphatic carbocycles. The van der Waals surface area contributed by atoms with Gasteiger partial charge in [-0.25, -0.2) is 0 Å². The fourth-order valence-corrected chi connectivity index (χ4v) is 1.56. The lowest BCUT2D eigenvalue weighted by Crippen LogP contribution is -1.89.